The van der Waals surface area contributed by atoms with Crippen molar-refractivity contribution in [1.82, 2.24) is 4.90 Å². The molecule has 2 nitrogen and oxygen atoms in total. The van der Waals surface area contributed by atoms with E-state index in [0.717, 1.165) is 19.4 Å². The molecule has 0 bridgehead atoms. The molecule has 0 aliphatic carbocycles. The van der Waals surface area contributed by atoms with Gasteiger partial charge in [0.25, 0.3) is 0 Å². The second-order valence-electron chi connectivity index (χ2n) is 7.31. The summed E-state index contributed by atoms with van der Waals surface area (Å²) in [5, 5.41) is 0. The van der Waals surface area contributed by atoms with Crippen LogP contribution in [0.2, 0.25) is 0 Å². The second-order valence-corrected chi connectivity index (χ2v) is 7.31. The van der Waals surface area contributed by atoms with E-state index in [1.54, 1.807) is 11.1 Å². The quantitative estimate of drug-likeness (QED) is 0.229. The van der Waals surface area contributed by atoms with E-state index in [4.69, 9.17) is 0 Å². The number of hydrogen-bond donors (Lipinski definition) is 0. The molecule has 0 radical (unpaired) electrons. The van der Waals surface area contributed by atoms with Crippen molar-refractivity contribution in [2.45, 2.75) is 96.3 Å². The van der Waals surface area contributed by atoms with Crippen LogP contribution in [0.25, 0.3) is 0 Å². The Bertz CT molecular complexity index is 350. The maximum absolute atomic E-state index is 12.0. The monoisotopic (exact) mass is 333 g/mol. The topological polar surface area (TPSA) is 20.3 Å². The lowest BCUT2D eigenvalue weighted by molar-refractivity contribution is -0.128. The van der Waals surface area contributed by atoms with Crippen LogP contribution < -0.4 is 0 Å². The Kier molecular flexibility index (Phi) is 12.5. The minimum absolute atomic E-state index is 0.273. The molecule has 138 valence electrons. The molecule has 1 heterocycles. The summed E-state index contributed by atoms with van der Waals surface area (Å²) in [5.41, 5.74) is 0. The number of likely N-dealkylation sites (tertiary alicyclic amines) is 1. The van der Waals surface area contributed by atoms with Gasteiger partial charge in [-0.25, -0.2) is 0 Å². The lowest BCUT2D eigenvalue weighted by Crippen LogP contribution is -2.21. The van der Waals surface area contributed by atoms with E-state index < -0.39 is 0 Å². The molecule has 1 saturated heterocycles. The molecule has 1 aliphatic heterocycles. The van der Waals surface area contributed by atoms with Crippen molar-refractivity contribution in [3.05, 3.63) is 25.4 Å². The van der Waals surface area contributed by atoms with Crippen LogP contribution >= 0.6 is 0 Å². The zero-order chi connectivity index (χ0) is 17.5. The van der Waals surface area contributed by atoms with Crippen LogP contribution in [0, 0.1) is 5.92 Å². The van der Waals surface area contributed by atoms with E-state index in [-0.39, 0.29) is 5.92 Å². The molecule has 2 heteroatoms. The summed E-state index contributed by atoms with van der Waals surface area (Å²) in [7, 11) is 0. The minimum Gasteiger partial charge on any atom is -0.319 e. The fraction of sp³-hybridized carbons (Fsp3) is 0.773. The van der Waals surface area contributed by atoms with E-state index >= 15 is 0 Å². The van der Waals surface area contributed by atoms with Crippen molar-refractivity contribution in [1.29, 1.82) is 0 Å². The molecular weight excluding hydrogens is 294 g/mol. The molecule has 0 aromatic carbocycles. The standard InChI is InChI=1S/C22H39NO/c1-3-5-6-7-8-9-10-11-12-13-14-15-16-17-18-21-19-20-23(4-2)22(21)24/h3-4,21H,1-2,5-20H2. The number of carbonyl (C=O) groups is 1. The first-order valence-corrected chi connectivity index (χ1v) is 10.3. The molecule has 0 N–H and O–H groups in total. The summed E-state index contributed by atoms with van der Waals surface area (Å²) in [6.45, 7) is 8.34. The number of amides is 1. The van der Waals surface area contributed by atoms with Gasteiger partial charge in [-0.05, 0) is 31.9 Å². The Labute approximate surface area is 150 Å². The van der Waals surface area contributed by atoms with Gasteiger partial charge in [0.1, 0.15) is 0 Å². The number of carbonyl (C=O) groups excluding carboxylic acids is 1. The first-order valence-electron chi connectivity index (χ1n) is 10.3. The Balaban J connectivity index is 1.79. The number of allylic oxidation sites excluding steroid dienone is 1. The highest BCUT2D eigenvalue weighted by Gasteiger charge is 2.28. The lowest BCUT2D eigenvalue weighted by Gasteiger charge is -2.10. The van der Waals surface area contributed by atoms with Crippen molar-refractivity contribution >= 4 is 5.91 Å². The largest absolute Gasteiger partial charge is 0.319 e. The van der Waals surface area contributed by atoms with Crippen LogP contribution in [0.4, 0.5) is 0 Å². The van der Waals surface area contributed by atoms with Crippen LogP contribution in [0.1, 0.15) is 96.3 Å². The van der Waals surface area contributed by atoms with Crippen LogP contribution in [0.15, 0.2) is 25.4 Å². The summed E-state index contributed by atoms with van der Waals surface area (Å²) in [5.74, 6) is 0.573. The summed E-state index contributed by atoms with van der Waals surface area (Å²) in [6, 6.07) is 0. The average molecular weight is 334 g/mol. The highest BCUT2D eigenvalue weighted by atomic mass is 16.2. The molecule has 1 rings (SSSR count). The van der Waals surface area contributed by atoms with E-state index in [0.29, 0.717) is 5.91 Å². The predicted molar refractivity (Wildman–Crippen MR) is 105 cm³/mol. The minimum atomic E-state index is 0.273. The van der Waals surface area contributed by atoms with Crippen molar-refractivity contribution in [3.8, 4) is 0 Å². The van der Waals surface area contributed by atoms with Gasteiger partial charge < -0.3 is 4.90 Å². The highest BCUT2D eigenvalue weighted by molar-refractivity contribution is 5.81. The molecule has 0 saturated carbocycles. The first-order chi connectivity index (χ1) is 11.8. The Morgan fingerprint density at radius 2 is 1.33 bits per heavy atom. The maximum Gasteiger partial charge on any atom is 0.229 e. The second kappa shape index (κ2) is 14.3. The number of nitrogens with zero attached hydrogens (tertiary/aromatic N) is 1. The summed E-state index contributed by atoms with van der Waals surface area (Å²) in [6.07, 6.45) is 23.4. The lowest BCUT2D eigenvalue weighted by atomic mass is 9.98. The predicted octanol–water partition coefficient (Wildman–Crippen LogP) is 6.63. The fourth-order valence-corrected chi connectivity index (χ4v) is 3.66. The Hall–Kier alpha value is -1.05. The molecule has 1 aliphatic rings. The van der Waals surface area contributed by atoms with Crippen molar-refractivity contribution in [2.24, 2.45) is 5.92 Å². The number of hydrogen-bond acceptors (Lipinski definition) is 1. The Morgan fingerprint density at radius 1 is 0.833 bits per heavy atom. The van der Waals surface area contributed by atoms with Crippen molar-refractivity contribution < 1.29 is 4.79 Å². The average Bonchev–Trinajstić information content (AvgIpc) is 2.95. The molecule has 1 unspecified atom stereocenters. The van der Waals surface area contributed by atoms with Crippen LogP contribution in [0.3, 0.4) is 0 Å². The molecule has 0 aromatic heterocycles. The normalized spacial score (nSPS) is 17.4. The van der Waals surface area contributed by atoms with Crippen molar-refractivity contribution in [3.63, 3.8) is 0 Å². The molecule has 0 spiro atoms. The Morgan fingerprint density at radius 3 is 1.79 bits per heavy atom. The third-order valence-electron chi connectivity index (χ3n) is 5.28. The highest BCUT2D eigenvalue weighted by Crippen LogP contribution is 2.24. The van der Waals surface area contributed by atoms with Crippen molar-refractivity contribution in [2.75, 3.05) is 6.54 Å². The maximum atomic E-state index is 12.0. The van der Waals surface area contributed by atoms with Gasteiger partial charge in [0.2, 0.25) is 5.91 Å². The number of rotatable bonds is 16. The summed E-state index contributed by atoms with van der Waals surface area (Å²) < 4.78 is 0. The van der Waals surface area contributed by atoms with Gasteiger partial charge in [0, 0.05) is 12.5 Å². The van der Waals surface area contributed by atoms with E-state index in [1.807, 2.05) is 6.08 Å². The summed E-state index contributed by atoms with van der Waals surface area (Å²) in [4.78, 5) is 13.7. The number of unbranched alkanes of at least 4 members (excludes halogenated alkanes) is 12. The van der Waals surface area contributed by atoms with Gasteiger partial charge in [-0.1, -0.05) is 83.3 Å². The molecule has 1 atom stereocenters. The molecule has 1 amide bonds. The van der Waals surface area contributed by atoms with Gasteiger partial charge in [0.15, 0.2) is 0 Å². The third kappa shape index (κ3) is 9.30. The zero-order valence-electron chi connectivity index (χ0n) is 15.8. The smallest absolute Gasteiger partial charge is 0.229 e. The van der Waals surface area contributed by atoms with Crippen LogP contribution in [-0.4, -0.2) is 17.4 Å². The molecular formula is C22H39NO. The van der Waals surface area contributed by atoms with Gasteiger partial charge in [0.05, 0.1) is 0 Å². The SMILES string of the molecule is C=CCCCCCCCCCCCCCCC1CCN(C=C)C1=O. The van der Waals surface area contributed by atoms with E-state index in [2.05, 4.69) is 13.2 Å². The molecule has 1 fully saturated rings. The van der Waals surface area contributed by atoms with E-state index in [1.165, 1.54) is 83.5 Å². The van der Waals surface area contributed by atoms with Crippen LogP contribution in [0.5, 0.6) is 0 Å². The first kappa shape index (κ1) is 21.0. The fourth-order valence-electron chi connectivity index (χ4n) is 3.66. The molecule has 0 aromatic rings. The zero-order valence-corrected chi connectivity index (χ0v) is 15.8. The van der Waals surface area contributed by atoms with Gasteiger partial charge in [-0.3, -0.25) is 4.79 Å². The summed E-state index contributed by atoms with van der Waals surface area (Å²) >= 11 is 0. The van der Waals surface area contributed by atoms with Gasteiger partial charge in [-0.2, -0.15) is 0 Å². The molecule has 24 heavy (non-hydrogen) atoms. The van der Waals surface area contributed by atoms with Gasteiger partial charge in [-0.15, -0.1) is 6.58 Å². The van der Waals surface area contributed by atoms with Gasteiger partial charge >= 0.3 is 0 Å². The third-order valence-corrected chi connectivity index (χ3v) is 5.28. The van der Waals surface area contributed by atoms with E-state index in [9.17, 15) is 4.79 Å². The van der Waals surface area contributed by atoms with Crippen LogP contribution in [-0.2, 0) is 4.79 Å².